The van der Waals surface area contributed by atoms with Crippen LogP contribution in [0.1, 0.15) is 31.4 Å². The Labute approximate surface area is 128 Å². The van der Waals surface area contributed by atoms with Crippen molar-refractivity contribution in [2.24, 2.45) is 5.92 Å². The van der Waals surface area contributed by atoms with Gasteiger partial charge in [-0.25, -0.2) is 4.98 Å². The molecule has 1 aromatic heterocycles. The molecule has 5 nitrogen and oxygen atoms in total. The van der Waals surface area contributed by atoms with Crippen molar-refractivity contribution in [1.82, 2.24) is 19.8 Å². The van der Waals surface area contributed by atoms with E-state index in [1.807, 2.05) is 0 Å². The third-order valence-corrected chi connectivity index (χ3v) is 4.54. The zero-order chi connectivity index (χ0) is 14.9. The molecule has 0 aliphatic carbocycles. The predicted octanol–water partition coefficient (Wildman–Crippen LogP) is 1.65. The summed E-state index contributed by atoms with van der Waals surface area (Å²) in [4.78, 5) is 24.3. The lowest BCUT2D eigenvalue weighted by molar-refractivity contribution is 0.109. The Morgan fingerprint density at radius 1 is 1.40 bits per heavy atom. The lowest BCUT2D eigenvalue weighted by atomic mass is 10.1. The third-order valence-electron chi connectivity index (χ3n) is 3.72. The van der Waals surface area contributed by atoms with Gasteiger partial charge in [0.15, 0.2) is 0 Å². The molecule has 1 saturated heterocycles. The minimum Gasteiger partial charge on any atom is -0.308 e. The number of aromatic nitrogens is 2. The molecule has 1 N–H and O–H groups in total. The number of aromatic amines is 1. The van der Waals surface area contributed by atoms with Crippen molar-refractivity contribution in [1.29, 1.82) is 0 Å². The van der Waals surface area contributed by atoms with Gasteiger partial charge in [-0.1, -0.05) is 13.8 Å². The van der Waals surface area contributed by atoms with E-state index in [0.29, 0.717) is 10.4 Å². The summed E-state index contributed by atoms with van der Waals surface area (Å²) >= 11 is 3.36. The molecule has 112 valence electrons. The number of hydrogen-bond donors (Lipinski definition) is 1. The maximum absolute atomic E-state index is 12.1. The standard InChI is InChI=1S/C14H23BrN4O/c1-9(2)7-10-12(15)14(20)17-13(16-10)11-8-18(3)5-6-19(11)4/h9,11H,5-8H2,1-4H3,(H,16,17,20). The fourth-order valence-corrected chi connectivity index (χ4v) is 2.86. The molecule has 0 saturated carbocycles. The van der Waals surface area contributed by atoms with Gasteiger partial charge in [-0.05, 0) is 42.4 Å². The fraction of sp³-hybridized carbons (Fsp3) is 0.714. The van der Waals surface area contributed by atoms with Gasteiger partial charge in [0.1, 0.15) is 10.3 Å². The number of nitrogens with one attached hydrogen (secondary N) is 1. The molecule has 1 aliphatic rings. The Kier molecular flexibility index (Phi) is 4.99. The number of rotatable bonds is 3. The largest absolute Gasteiger partial charge is 0.308 e. The molecule has 6 heteroatoms. The fourth-order valence-electron chi connectivity index (χ4n) is 2.51. The zero-order valence-corrected chi connectivity index (χ0v) is 14.2. The Bertz CT molecular complexity index is 528. The van der Waals surface area contributed by atoms with Crippen molar-refractivity contribution in [3.63, 3.8) is 0 Å². The van der Waals surface area contributed by atoms with Crippen LogP contribution < -0.4 is 5.56 Å². The molecule has 1 unspecified atom stereocenters. The highest BCUT2D eigenvalue weighted by molar-refractivity contribution is 9.10. The minimum absolute atomic E-state index is 0.0766. The summed E-state index contributed by atoms with van der Waals surface area (Å²) < 4.78 is 0.571. The molecule has 1 atom stereocenters. The smallest absolute Gasteiger partial charge is 0.265 e. The van der Waals surface area contributed by atoms with Crippen molar-refractivity contribution in [3.05, 3.63) is 26.3 Å². The molecule has 0 radical (unpaired) electrons. The maximum Gasteiger partial charge on any atom is 0.265 e. The van der Waals surface area contributed by atoms with Crippen LogP contribution in [0.25, 0.3) is 0 Å². The van der Waals surface area contributed by atoms with Crippen LogP contribution in [-0.4, -0.2) is 53.5 Å². The van der Waals surface area contributed by atoms with Gasteiger partial charge in [-0.2, -0.15) is 0 Å². The normalized spacial score (nSPS) is 21.6. The SMILES string of the molecule is CC(C)Cc1nc(C2CN(C)CCN2C)[nH]c(=O)c1Br. The Hall–Kier alpha value is -0.720. The monoisotopic (exact) mass is 342 g/mol. The van der Waals surface area contributed by atoms with E-state index in [2.05, 4.69) is 58.7 Å². The number of likely N-dealkylation sites (N-methyl/N-ethyl adjacent to an activating group) is 2. The average molecular weight is 343 g/mol. The Balaban J connectivity index is 2.36. The number of hydrogen-bond acceptors (Lipinski definition) is 4. The van der Waals surface area contributed by atoms with Crippen LogP contribution in [0.2, 0.25) is 0 Å². The molecule has 0 bridgehead atoms. The molecule has 1 aliphatic heterocycles. The summed E-state index contributed by atoms with van der Waals surface area (Å²) in [6, 6.07) is 0.153. The number of piperazine rings is 1. The molecular formula is C14H23BrN4O. The van der Waals surface area contributed by atoms with E-state index < -0.39 is 0 Å². The van der Waals surface area contributed by atoms with Crippen LogP contribution in [0, 0.1) is 5.92 Å². The van der Waals surface area contributed by atoms with E-state index in [1.54, 1.807) is 0 Å². The first-order chi connectivity index (χ1) is 9.38. The molecule has 0 amide bonds. The highest BCUT2D eigenvalue weighted by Crippen LogP contribution is 2.22. The molecular weight excluding hydrogens is 320 g/mol. The summed E-state index contributed by atoms with van der Waals surface area (Å²) in [7, 11) is 4.19. The van der Waals surface area contributed by atoms with E-state index in [0.717, 1.165) is 37.6 Å². The molecule has 1 aromatic rings. The topological polar surface area (TPSA) is 52.2 Å². The highest BCUT2D eigenvalue weighted by atomic mass is 79.9. The van der Waals surface area contributed by atoms with Gasteiger partial charge in [0.25, 0.3) is 5.56 Å². The lowest BCUT2D eigenvalue weighted by Crippen LogP contribution is -2.45. The summed E-state index contributed by atoms with van der Waals surface area (Å²) in [5.74, 6) is 1.25. The lowest BCUT2D eigenvalue weighted by Gasteiger charge is -2.37. The summed E-state index contributed by atoms with van der Waals surface area (Å²) in [5.41, 5.74) is 0.785. The van der Waals surface area contributed by atoms with Gasteiger partial charge in [-0.3, -0.25) is 9.69 Å². The molecule has 20 heavy (non-hydrogen) atoms. The van der Waals surface area contributed by atoms with Gasteiger partial charge in [0.2, 0.25) is 0 Å². The van der Waals surface area contributed by atoms with E-state index in [4.69, 9.17) is 4.98 Å². The van der Waals surface area contributed by atoms with E-state index >= 15 is 0 Å². The maximum atomic E-state index is 12.1. The van der Waals surface area contributed by atoms with Crippen LogP contribution in [0.15, 0.2) is 9.27 Å². The van der Waals surface area contributed by atoms with Crippen LogP contribution in [0.3, 0.4) is 0 Å². The summed E-state index contributed by atoms with van der Waals surface area (Å²) in [6.45, 7) is 7.19. The third kappa shape index (κ3) is 3.48. The van der Waals surface area contributed by atoms with Gasteiger partial charge < -0.3 is 9.88 Å². The Morgan fingerprint density at radius 3 is 2.75 bits per heavy atom. The van der Waals surface area contributed by atoms with E-state index in [-0.39, 0.29) is 11.6 Å². The van der Waals surface area contributed by atoms with Crippen molar-refractivity contribution < 1.29 is 0 Å². The van der Waals surface area contributed by atoms with Crippen molar-refractivity contribution in [2.45, 2.75) is 26.3 Å². The number of H-pyrrole nitrogens is 1. The van der Waals surface area contributed by atoms with E-state index in [9.17, 15) is 4.79 Å². The van der Waals surface area contributed by atoms with E-state index in [1.165, 1.54) is 0 Å². The van der Waals surface area contributed by atoms with Crippen LogP contribution in [-0.2, 0) is 6.42 Å². The Morgan fingerprint density at radius 2 is 2.10 bits per heavy atom. The van der Waals surface area contributed by atoms with Crippen molar-refractivity contribution in [3.8, 4) is 0 Å². The quantitative estimate of drug-likeness (QED) is 0.907. The van der Waals surface area contributed by atoms with Crippen molar-refractivity contribution in [2.75, 3.05) is 33.7 Å². The van der Waals surface area contributed by atoms with Gasteiger partial charge in [0, 0.05) is 19.6 Å². The van der Waals surface area contributed by atoms with Gasteiger partial charge >= 0.3 is 0 Å². The van der Waals surface area contributed by atoms with Crippen LogP contribution >= 0.6 is 15.9 Å². The minimum atomic E-state index is -0.0766. The average Bonchev–Trinajstić information content (AvgIpc) is 2.37. The van der Waals surface area contributed by atoms with Gasteiger partial charge in [-0.15, -0.1) is 0 Å². The first-order valence-corrected chi connectivity index (χ1v) is 7.85. The van der Waals surface area contributed by atoms with Crippen molar-refractivity contribution >= 4 is 15.9 Å². The van der Waals surface area contributed by atoms with Gasteiger partial charge in [0.05, 0.1) is 11.7 Å². The number of halogens is 1. The van der Waals surface area contributed by atoms with Crippen LogP contribution in [0.4, 0.5) is 0 Å². The highest BCUT2D eigenvalue weighted by Gasteiger charge is 2.26. The predicted molar refractivity (Wildman–Crippen MR) is 84.0 cm³/mol. The molecule has 0 aromatic carbocycles. The first kappa shape index (κ1) is 15.7. The summed E-state index contributed by atoms with van der Waals surface area (Å²) in [6.07, 6.45) is 0.809. The molecule has 2 heterocycles. The second-order valence-electron chi connectivity index (χ2n) is 6.07. The summed E-state index contributed by atoms with van der Waals surface area (Å²) in [5, 5.41) is 0. The second kappa shape index (κ2) is 6.37. The molecule has 0 spiro atoms. The van der Waals surface area contributed by atoms with Crippen LogP contribution in [0.5, 0.6) is 0 Å². The second-order valence-corrected chi connectivity index (χ2v) is 6.86. The molecule has 2 rings (SSSR count). The first-order valence-electron chi connectivity index (χ1n) is 7.06. The number of nitrogens with zero attached hydrogens (tertiary/aromatic N) is 3. The molecule has 1 fully saturated rings. The zero-order valence-electron chi connectivity index (χ0n) is 12.6.